The third kappa shape index (κ3) is 3.59. The fourth-order valence-corrected chi connectivity index (χ4v) is 4.62. The predicted molar refractivity (Wildman–Crippen MR) is 80.5 cm³/mol. The van der Waals surface area contributed by atoms with E-state index in [4.69, 9.17) is 10.5 Å². The molecule has 5 heteroatoms. The maximum absolute atomic E-state index is 12.4. The van der Waals surface area contributed by atoms with Gasteiger partial charge in [-0.05, 0) is 37.8 Å². The van der Waals surface area contributed by atoms with Crippen LogP contribution in [0.2, 0.25) is 0 Å². The van der Waals surface area contributed by atoms with Crippen molar-refractivity contribution >= 4 is 9.84 Å². The zero-order valence-corrected chi connectivity index (χ0v) is 12.9. The lowest BCUT2D eigenvalue weighted by atomic mass is 10.0. The average molecular weight is 297 g/mol. The Morgan fingerprint density at radius 1 is 1.30 bits per heavy atom. The van der Waals surface area contributed by atoms with E-state index in [9.17, 15) is 8.42 Å². The second-order valence-corrected chi connectivity index (χ2v) is 7.93. The topological polar surface area (TPSA) is 69.4 Å². The maximum Gasteiger partial charge on any atom is 0.155 e. The number of hydrogen-bond donors (Lipinski definition) is 1. The molecule has 0 saturated carbocycles. The minimum atomic E-state index is -3.16. The van der Waals surface area contributed by atoms with E-state index < -0.39 is 15.9 Å². The van der Waals surface area contributed by atoms with Gasteiger partial charge in [-0.2, -0.15) is 0 Å². The first-order valence-corrected chi connectivity index (χ1v) is 8.74. The van der Waals surface area contributed by atoms with E-state index in [1.165, 1.54) is 0 Å². The smallest absolute Gasteiger partial charge is 0.155 e. The molecule has 1 fully saturated rings. The maximum atomic E-state index is 12.4. The Kier molecular flexibility index (Phi) is 4.83. The number of ether oxygens (including phenoxy) is 1. The first-order chi connectivity index (χ1) is 9.40. The van der Waals surface area contributed by atoms with Crippen LogP contribution in [-0.2, 0) is 14.6 Å². The van der Waals surface area contributed by atoms with Crippen molar-refractivity contribution in [1.82, 2.24) is 0 Å². The molecule has 112 valence electrons. The van der Waals surface area contributed by atoms with Crippen molar-refractivity contribution in [3.05, 3.63) is 34.9 Å². The van der Waals surface area contributed by atoms with Crippen molar-refractivity contribution in [2.75, 3.05) is 19.0 Å². The molecule has 2 N–H and O–H groups in total. The fourth-order valence-electron chi connectivity index (χ4n) is 2.75. The number of aryl methyl sites for hydroxylation is 2. The highest BCUT2D eigenvalue weighted by molar-refractivity contribution is 7.92. The summed E-state index contributed by atoms with van der Waals surface area (Å²) in [6, 6.07) is 5.50. The van der Waals surface area contributed by atoms with Crippen LogP contribution in [0.4, 0.5) is 0 Å². The molecule has 0 spiro atoms. The van der Waals surface area contributed by atoms with Crippen LogP contribution in [0.25, 0.3) is 0 Å². The lowest BCUT2D eigenvalue weighted by Crippen LogP contribution is -2.34. The molecule has 0 radical (unpaired) electrons. The number of rotatable bonds is 4. The van der Waals surface area contributed by atoms with E-state index in [-0.39, 0.29) is 11.0 Å². The van der Waals surface area contributed by atoms with Gasteiger partial charge in [0.15, 0.2) is 9.84 Å². The quantitative estimate of drug-likeness (QED) is 0.921. The van der Waals surface area contributed by atoms with Gasteiger partial charge in [-0.25, -0.2) is 8.42 Å². The van der Waals surface area contributed by atoms with E-state index >= 15 is 0 Å². The summed E-state index contributed by atoms with van der Waals surface area (Å²) in [6.45, 7) is 5.05. The van der Waals surface area contributed by atoms with Crippen molar-refractivity contribution in [3.63, 3.8) is 0 Å². The van der Waals surface area contributed by atoms with Crippen LogP contribution in [0.3, 0.4) is 0 Å². The van der Waals surface area contributed by atoms with Crippen LogP contribution in [0, 0.1) is 13.8 Å². The van der Waals surface area contributed by atoms with Crippen molar-refractivity contribution in [2.45, 2.75) is 38.0 Å². The highest BCUT2D eigenvalue weighted by Crippen LogP contribution is 2.23. The van der Waals surface area contributed by atoms with Gasteiger partial charge in [-0.1, -0.05) is 23.8 Å². The van der Waals surface area contributed by atoms with Gasteiger partial charge in [0.2, 0.25) is 0 Å². The number of sulfone groups is 1. The van der Waals surface area contributed by atoms with E-state index in [1.807, 2.05) is 32.0 Å². The molecule has 4 nitrogen and oxygen atoms in total. The molecule has 1 aliphatic heterocycles. The van der Waals surface area contributed by atoms with Gasteiger partial charge in [0, 0.05) is 19.3 Å². The summed E-state index contributed by atoms with van der Waals surface area (Å²) in [5.74, 6) is 0.0154. The zero-order chi connectivity index (χ0) is 14.8. The number of nitrogens with two attached hydrogens (primary N) is 1. The average Bonchev–Trinajstić information content (AvgIpc) is 2.39. The van der Waals surface area contributed by atoms with E-state index in [2.05, 4.69) is 0 Å². The third-order valence-corrected chi connectivity index (χ3v) is 6.22. The van der Waals surface area contributed by atoms with Gasteiger partial charge in [0.05, 0.1) is 11.0 Å². The fraction of sp³-hybridized carbons (Fsp3) is 0.600. The van der Waals surface area contributed by atoms with Crippen molar-refractivity contribution in [3.8, 4) is 0 Å². The van der Waals surface area contributed by atoms with Gasteiger partial charge >= 0.3 is 0 Å². The Bertz CT molecular complexity index is 562. The second kappa shape index (κ2) is 6.24. The van der Waals surface area contributed by atoms with E-state index in [1.54, 1.807) is 0 Å². The van der Waals surface area contributed by atoms with Crippen molar-refractivity contribution in [1.29, 1.82) is 0 Å². The molecule has 1 unspecified atom stereocenters. The molecule has 20 heavy (non-hydrogen) atoms. The molecule has 0 bridgehead atoms. The summed E-state index contributed by atoms with van der Waals surface area (Å²) in [5.41, 5.74) is 9.26. The first kappa shape index (κ1) is 15.5. The van der Waals surface area contributed by atoms with Crippen LogP contribution >= 0.6 is 0 Å². The Morgan fingerprint density at radius 3 is 2.55 bits per heavy atom. The molecule has 1 atom stereocenters. The van der Waals surface area contributed by atoms with Crippen LogP contribution < -0.4 is 5.73 Å². The van der Waals surface area contributed by atoms with Crippen LogP contribution in [0.5, 0.6) is 0 Å². The highest BCUT2D eigenvalue weighted by Gasteiger charge is 2.30. The molecule has 1 heterocycles. The predicted octanol–water partition coefficient (Wildman–Crippen LogP) is 1.90. The summed E-state index contributed by atoms with van der Waals surface area (Å²) < 4.78 is 30.0. The zero-order valence-electron chi connectivity index (χ0n) is 12.1. The molecule has 0 aromatic heterocycles. The Hall–Kier alpha value is -0.910. The monoisotopic (exact) mass is 297 g/mol. The SMILES string of the molecule is Cc1ccc(C(N)CS(=O)(=O)C2CCOCC2)c(C)c1. The molecule has 1 aliphatic rings. The lowest BCUT2D eigenvalue weighted by molar-refractivity contribution is 0.0983. The largest absolute Gasteiger partial charge is 0.381 e. The molecular formula is C15H23NO3S. The Morgan fingerprint density at radius 2 is 1.95 bits per heavy atom. The highest BCUT2D eigenvalue weighted by atomic mass is 32.2. The summed E-state index contributed by atoms with van der Waals surface area (Å²) in [6.07, 6.45) is 1.17. The Balaban J connectivity index is 2.11. The van der Waals surface area contributed by atoms with Crippen LogP contribution in [0.1, 0.15) is 35.6 Å². The molecular weight excluding hydrogens is 274 g/mol. The molecule has 0 amide bonds. The third-order valence-electron chi connectivity index (χ3n) is 3.91. The van der Waals surface area contributed by atoms with E-state index in [0.717, 1.165) is 16.7 Å². The van der Waals surface area contributed by atoms with Crippen molar-refractivity contribution in [2.24, 2.45) is 5.73 Å². The van der Waals surface area contributed by atoms with Gasteiger partial charge in [0.1, 0.15) is 0 Å². The minimum Gasteiger partial charge on any atom is -0.381 e. The molecule has 1 aromatic rings. The standard InChI is InChI=1S/C15H23NO3S/c1-11-3-4-14(12(2)9-11)15(16)10-20(17,18)13-5-7-19-8-6-13/h3-4,9,13,15H,5-8,10,16H2,1-2H3. The first-order valence-electron chi connectivity index (χ1n) is 7.02. The van der Waals surface area contributed by atoms with Crippen LogP contribution in [0.15, 0.2) is 18.2 Å². The summed E-state index contributed by atoms with van der Waals surface area (Å²) in [5, 5.41) is -0.298. The van der Waals surface area contributed by atoms with Gasteiger partial charge in [-0.3, -0.25) is 0 Å². The lowest BCUT2D eigenvalue weighted by Gasteiger charge is -2.24. The van der Waals surface area contributed by atoms with Gasteiger partial charge < -0.3 is 10.5 Å². The number of benzene rings is 1. The van der Waals surface area contributed by atoms with Crippen molar-refractivity contribution < 1.29 is 13.2 Å². The number of hydrogen-bond acceptors (Lipinski definition) is 4. The molecule has 1 saturated heterocycles. The Labute approximate surface area is 121 Å². The summed E-state index contributed by atoms with van der Waals surface area (Å²) in [7, 11) is -3.16. The normalized spacial score (nSPS) is 18.9. The van der Waals surface area contributed by atoms with Gasteiger partial charge in [-0.15, -0.1) is 0 Å². The summed E-state index contributed by atoms with van der Waals surface area (Å²) >= 11 is 0. The second-order valence-electron chi connectivity index (χ2n) is 5.61. The summed E-state index contributed by atoms with van der Waals surface area (Å²) in [4.78, 5) is 0. The van der Waals surface area contributed by atoms with Gasteiger partial charge in [0.25, 0.3) is 0 Å². The van der Waals surface area contributed by atoms with Crippen LogP contribution in [-0.4, -0.2) is 32.6 Å². The molecule has 1 aromatic carbocycles. The van der Waals surface area contributed by atoms with E-state index in [0.29, 0.717) is 26.1 Å². The minimum absolute atomic E-state index is 0.0154. The molecule has 0 aliphatic carbocycles. The molecule has 2 rings (SSSR count).